The molecule has 24 heavy (non-hydrogen) atoms. The Morgan fingerprint density at radius 3 is 2.67 bits per heavy atom. The zero-order valence-electron chi connectivity index (χ0n) is 13.1. The molecule has 8 heteroatoms. The van der Waals surface area contributed by atoms with Gasteiger partial charge in [0.25, 0.3) is 0 Å². The average molecular weight is 369 g/mol. The van der Waals surface area contributed by atoms with Gasteiger partial charge in [-0.25, -0.2) is 4.98 Å². The molecule has 1 aromatic carbocycles. The fourth-order valence-corrected chi connectivity index (χ4v) is 2.99. The number of halogens is 1. The highest BCUT2D eigenvalue weighted by Gasteiger charge is 2.18. The number of rotatable bonds is 8. The Hall–Kier alpha value is -1.96. The number of carbonyl (C=O) groups excluding carboxylic acids is 1. The minimum absolute atomic E-state index is 0.0566. The van der Waals surface area contributed by atoms with E-state index in [0.29, 0.717) is 10.7 Å². The number of hydrogen-bond acceptors (Lipinski definition) is 5. The Labute approximate surface area is 148 Å². The van der Waals surface area contributed by atoms with Crippen molar-refractivity contribution in [3.05, 3.63) is 40.4 Å². The summed E-state index contributed by atoms with van der Waals surface area (Å²) in [7, 11) is 1.50. The molecule has 6 nitrogen and oxygen atoms in total. The first-order valence-corrected chi connectivity index (χ1v) is 8.44. The van der Waals surface area contributed by atoms with Gasteiger partial charge in [0.2, 0.25) is 5.91 Å². The second-order valence-corrected chi connectivity index (χ2v) is 6.32. The first-order chi connectivity index (χ1) is 11.5. The molecule has 1 N–H and O–H groups in total. The van der Waals surface area contributed by atoms with Crippen molar-refractivity contribution in [1.82, 2.24) is 9.88 Å². The van der Waals surface area contributed by atoms with Gasteiger partial charge in [0.15, 0.2) is 0 Å². The number of nitrogens with zero attached hydrogens (tertiary/aromatic N) is 2. The molecule has 0 radical (unpaired) electrons. The van der Waals surface area contributed by atoms with E-state index in [1.165, 1.54) is 23.3 Å². The summed E-state index contributed by atoms with van der Waals surface area (Å²) in [6.45, 7) is 0.165. The number of carbonyl (C=O) groups is 2. The van der Waals surface area contributed by atoms with Crippen LogP contribution in [0.25, 0.3) is 10.6 Å². The minimum atomic E-state index is -1.06. The van der Waals surface area contributed by atoms with Crippen molar-refractivity contribution in [2.75, 3.05) is 26.8 Å². The van der Waals surface area contributed by atoms with E-state index >= 15 is 0 Å². The lowest BCUT2D eigenvalue weighted by atomic mass is 10.2. The quantitative estimate of drug-likeness (QED) is 0.774. The molecule has 0 aliphatic rings. The maximum atomic E-state index is 12.3. The summed E-state index contributed by atoms with van der Waals surface area (Å²) >= 11 is 7.29. The predicted octanol–water partition coefficient (Wildman–Crippen LogP) is 2.57. The van der Waals surface area contributed by atoms with Crippen LogP contribution in [0.2, 0.25) is 5.02 Å². The molecule has 0 aliphatic heterocycles. The van der Waals surface area contributed by atoms with Crippen LogP contribution in [0, 0.1) is 0 Å². The molecule has 2 rings (SSSR count). The lowest BCUT2D eigenvalue weighted by Crippen LogP contribution is -2.38. The topological polar surface area (TPSA) is 79.7 Å². The van der Waals surface area contributed by atoms with Crippen LogP contribution in [0.5, 0.6) is 0 Å². The van der Waals surface area contributed by atoms with E-state index in [1.54, 1.807) is 17.5 Å². The van der Waals surface area contributed by atoms with Gasteiger partial charge in [-0.1, -0.05) is 23.7 Å². The number of aliphatic carboxylic acids is 1. The molecular weight excluding hydrogens is 352 g/mol. The van der Waals surface area contributed by atoms with Crippen LogP contribution in [0.15, 0.2) is 29.6 Å². The van der Waals surface area contributed by atoms with Gasteiger partial charge in [-0.3, -0.25) is 9.59 Å². The second-order valence-electron chi connectivity index (χ2n) is 5.03. The van der Waals surface area contributed by atoms with Crippen molar-refractivity contribution in [2.45, 2.75) is 6.42 Å². The molecular formula is C16H17ClN2O4S. The lowest BCUT2D eigenvalue weighted by Gasteiger charge is -2.19. The highest BCUT2D eigenvalue weighted by Crippen LogP contribution is 2.25. The van der Waals surface area contributed by atoms with Crippen molar-refractivity contribution < 1.29 is 19.4 Å². The smallest absolute Gasteiger partial charge is 0.323 e. The summed E-state index contributed by atoms with van der Waals surface area (Å²) in [5, 5.41) is 12.2. The Morgan fingerprint density at radius 1 is 1.33 bits per heavy atom. The van der Waals surface area contributed by atoms with E-state index in [1.807, 2.05) is 12.1 Å². The third kappa shape index (κ3) is 5.30. The first kappa shape index (κ1) is 18.4. The first-order valence-electron chi connectivity index (χ1n) is 7.18. The molecule has 0 fully saturated rings. The zero-order chi connectivity index (χ0) is 17.5. The van der Waals surface area contributed by atoms with E-state index in [-0.39, 0.29) is 32.0 Å². The Morgan fingerprint density at radius 2 is 2.04 bits per heavy atom. The summed E-state index contributed by atoms with van der Waals surface area (Å²) < 4.78 is 4.91. The summed E-state index contributed by atoms with van der Waals surface area (Å²) in [5.74, 6) is -1.35. The SMILES string of the molecule is COCCN(CC(=O)O)C(=O)Cc1csc(-c2ccc(Cl)cc2)n1. The van der Waals surface area contributed by atoms with Crippen LogP contribution in [-0.4, -0.2) is 53.7 Å². The molecule has 128 valence electrons. The maximum Gasteiger partial charge on any atom is 0.323 e. The number of hydrogen-bond donors (Lipinski definition) is 1. The summed E-state index contributed by atoms with van der Waals surface area (Å²) in [4.78, 5) is 28.9. The molecule has 1 aromatic heterocycles. The molecule has 0 saturated heterocycles. The van der Waals surface area contributed by atoms with Crippen LogP contribution in [-0.2, 0) is 20.7 Å². The third-order valence-electron chi connectivity index (χ3n) is 3.22. The van der Waals surface area contributed by atoms with Crippen molar-refractivity contribution in [3.63, 3.8) is 0 Å². The van der Waals surface area contributed by atoms with E-state index in [4.69, 9.17) is 21.4 Å². The van der Waals surface area contributed by atoms with Gasteiger partial charge in [0, 0.05) is 29.6 Å². The van der Waals surface area contributed by atoms with Gasteiger partial charge in [-0.2, -0.15) is 0 Å². The number of carboxylic acids is 1. The van der Waals surface area contributed by atoms with Crippen LogP contribution in [0.4, 0.5) is 0 Å². The highest BCUT2D eigenvalue weighted by molar-refractivity contribution is 7.13. The Bertz CT molecular complexity index is 702. The molecule has 2 aromatic rings. The van der Waals surface area contributed by atoms with Gasteiger partial charge in [-0.05, 0) is 12.1 Å². The number of aromatic nitrogens is 1. The number of benzene rings is 1. The molecule has 0 saturated carbocycles. The largest absolute Gasteiger partial charge is 0.480 e. The molecule has 0 bridgehead atoms. The van der Waals surface area contributed by atoms with Gasteiger partial charge in [-0.15, -0.1) is 11.3 Å². The summed E-state index contributed by atoms with van der Waals surface area (Å²) in [5.41, 5.74) is 1.53. The Balaban J connectivity index is 2.05. The highest BCUT2D eigenvalue weighted by atomic mass is 35.5. The molecule has 0 unspecified atom stereocenters. The second kappa shape index (κ2) is 8.77. The van der Waals surface area contributed by atoms with Crippen LogP contribution in [0.1, 0.15) is 5.69 Å². The number of amides is 1. The number of ether oxygens (including phenoxy) is 1. The molecule has 0 atom stereocenters. The number of carboxylic acid groups (broad SMARTS) is 1. The lowest BCUT2D eigenvalue weighted by molar-refractivity contribution is -0.144. The normalized spacial score (nSPS) is 10.6. The molecule has 1 amide bonds. The van der Waals surface area contributed by atoms with Gasteiger partial charge >= 0.3 is 5.97 Å². The standard InChI is InChI=1S/C16H17ClN2O4S/c1-23-7-6-19(9-15(21)22)14(20)8-13-10-24-16(18-13)11-2-4-12(17)5-3-11/h2-5,10H,6-9H2,1H3,(H,21,22). The maximum absolute atomic E-state index is 12.3. The summed E-state index contributed by atoms with van der Waals surface area (Å²) in [6.07, 6.45) is 0.0566. The molecule has 1 heterocycles. The van der Waals surface area contributed by atoms with Crippen molar-refractivity contribution >= 4 is 34.8 Å². The van der Waals surface area contributed by atoms with E-state index in [0.717, 1.165) is 10.6 Å². The Kier molecular flexibility index (Phi) is 6.72. The fraction of sp³-hybridized carbons (Fsp3) is 0.312. The van der Waals surface area contributed by atoms with E-state index in [2.05, 4.69) is 4.98 Å². The molecule has 0 aliphatic carbocycles. The van der Waals surface area contributed by atoms with Crippen molar-refractivity contribution in [1.29, 1.82) is 0 Å². The van der Waals surface area contributed by atoms with E-state index in [9.17, 15) is 9.59 Å². The van der Waals surface area contributed by atoms with Crippen LogP contribution >= 0.6 is 22.9 Å². The predicted molar refractivity (Wildman–Crippen MR) is 92.4 cm³/mol. The number of methoxy groups -OCH3 is 1. The summed E-state index contributed by atoms with van der Waals surface area (Å²) in [6, 6.07) is 7.29. The van der Waals surface area contributed by atoms with Gasteiger partial charge in [0.1, 0.15) is 11.6 Å². The van der Waals surface area contributed by atoms with Crippen molar-refractivity contribution in [2.24, 2.45) is 0 Å². The van der Waals surface area contributed by atoms with E-state index < -0.39 is 5.97 Å². The van der Waals surface area contributed by atoms with Crippen LogP contribution in [0.3, 0.4) is 0 Å². The average Bonchev–Trinajstić information content (AvgIpc) is 3.00. The monoisotopic (exact) mass is 368 g/mol. The number of thiazole rings is 1. The molecule has 0 spiro atoms. The fourth-order valence-electron chi connectivity index (χ4n) is 2.04. The van der Waals surface area contributed by atoms with Crippen molar-refractivity contribution in [3.8, 4) is 10.6 Å². The zero-order valence-corrected chi connectivity index (χ0v) is 14.6. The third-order valence-corrected chi connectivity index (χ3v) is 4.41. The minimum Gasteiger partial charge on any atom is -0.480 e. The van der Waals surface area contributed by atoms with Crippen LogP contribution < -0.4 is 0 Å². The van der Waals surface area contributed by atoms with Gasteiger partial charge < -0.3 is 14.7 Å². The van der Waals surface area contributed by atoms with Gasteiger partial charge in [0.05, 0.1) is 18.7 Å².